The van der Waals surface area contributed by atoms with Crippen LogP contribution < -0.4 is 0 Å². The number of hydrogen-bond acceptors (Lipinski definition) is 2. The van der Waals surface area contributed by atoms with Crippen LogP contribution in [0.15, 0.2) is 30.3 Å². The largest absolute Gasteiger partial charge is 0.772 e. The number of rotatable bonds is 4. The van der Waals surface area contributed by atoms with Crippen molar-refractivity contribution >= 4 is 11.1 Å². The maximum atomic E-state index is 11.1. The first kappa shape index (κ1) is 13.8. The Bertz CT molecular complexity index is 391. The third-order valence-electron chi connectivity index (χ3n) is 4.29. The van der Waals surface area contributed by atoms with Crippen molar-refractivity contribution in [2.45, 2.75) is 38.5 Å². The number of benzene rings is 1. The quantitative estimate of drug-likeness (QED) is 0.782. The highest BCUT2D eigenvalue weighted by Gasteiger charge is 2.32. The van der Waals surface area contributed by atoms with E-state index in [1.807, 2.05) is 6.07 Å². The molecular formula is C15H21O2S-. The fraction of sp³-hybridized carbons (Fsp3) is 0.600. The lowest BCUT2D eigenvalue weighted by Crippen LogP contribution is -2.31. The van der Waals surface area contributed by atoms with Crippen LogP contribution in [0.25, 0.3) is 0 Å². The molecule has 1 fully saturated rings. The van der Waals surface area contributed by atoms with Gasteiger partial charge in [0.1, 0.15) is 0 Å². The Morgan fingerprint density at radius 3 is 2.61 bits per heavy atom. The van der Waals surface area contributed by atoms with Crippen LogP contribution >= 0.6 is 0 Å². The molecule has 3 heteroatoms. The van der Waals surface area contributed by atoms with E-state index in [9.17, 15) is 8.76 Å². The third-order valence-corrected chi connectivity index (χ3v) is 4.95. The molecule has 1 aromatic carbocycles. The topological polar surface area (TPSA) is 40.1 Å². The standard InChI is InChI=1S/C15H22O2S/c1-2-12-9-6-10-14(15(12)11-18(16)17)13-7-4-3-5-8-13/h3-5,7-8,12,14-15H,2,6,9-11H2,1H3,(H,16,17)/p-1. The van der Waals surface area contributed by atoms with Crippen LogP contribution in [0.5, 0.6) is 0 Å². The normalized spacial score (nSPS) is 30.0. The van der Waals surface area contributed by atoms with Gasteiger partial charge in [0.05, 0.1) is 0 Å². The Morgan fingerprint density at radius 1 is 1.28 bits per heavy atom. The molecule has 4 atom stereocenters. The van der Waals surface area contributed by atoms with E-state index in [0.29, 0.717) is 23.5 Å². The van der Waals surface area contributed by atoms with Crippen LogP contribution in [0.4, 0.5) is 0 Å². The average Bonchev–Trinajstić information content (AvgIpc) is 2.39. The zero-order valence-corrected chi connectivity index (χ0v) is 11.7. The Kier molecular flexibility index (Phi) is 4.95. The second-order valence-electron chi connectivity index (χ2n) is 5.25. The van der Waals surface area contributed by atoms with E-state index >= 15 is 0 Å². The third kappa shape index (κ3) is 3.21. The fourth-order valence-corrected chi connectivity index (χ4v) is 4.21. The maximum absolute atomic E-state index is 11.1. The Hall–Kier alpha value is -0.670. The zero-order valence-electron chi connectivity index (χ0n) is 10.9. The van der Waals surface area contributed by atoms with Gasteiger partial charge in [-0.15, -0.1) is 0 Å². The van der Waals surface area contributed by atoms with Crippen molar-refractivity contribution in [3.05, 3.63) is 35.9 Å². The first-order valence-electron chi connectivity index (χ1n) is 6.83. The van der Waals surface area contributed by atoms with Gasteiger partial charge in [-0.25, -0.2) is 0 Å². The molecule has 1 saturated carbocycles. The van der Waals surface area contributed by atoms with E-state index in [0.717, 1.165) is 12.8 Å². The number of hydrogen-bond donors (Lipinski definition) is 0. The molecular weight excluding hydrogens is 244 g/mol. The molecule has 1 aliphatic rings. The van der Waals surface area contributed by atoms with Gasteiger partial charge in [-0.2, -0.15) is 0 Å². The van der Waals surface area contributed by atoms with E-state index in [1.54, 1.807) is 0 Å². The molecule has 1 aliphatic carbocycles. The van der Waals surface area contributed by atoms with Crippen molar-refractivity contribution in [1.29, 1.82) is 0 Å². The first-order valence-corrected chi connectivity index (χ1v) is 8.07. The summed E-state index contributed by atoms with van der Waals surface area (Å²) in [5.41, 5.74) is 1.31. The minimum Gasteiger partial charge on any atom is -0.772 e. The van der Waals surface area contributed by atoms with Gasteiger partial charge in [0, 0.05) is 5.75 Å². The summed E-state index contributed by atoms with van der Waals surface area (Å²) in [6.45, 7) is 2.18. The van der Waals surface area contributed by atoms with E-state index in [1.165, 1.54) is 18.4 Å². The minimum absolute atomic E-state index is 0.296. The predicted molar refractivity (Wildman–Crippen MR) is 74.1 cm³/mol. The molecule has 1 aromatic rings. The van der Waals surface area contributed by atoms with Crippen LogP contribution in [0.3, 0.4) is 0 Å². The van der Waals surface area contributed by atoms with Crippen LogP contribution in [0, 0.1) is 11.8 Å². The molecule has 18 heavy (non-hydrogen) atoms. The monoisotopic (exact) mass is 265 g/mol. The Balaban J connectivity index is 2.22. The SMILES string of the molecule is CCC1CCCC(c2ccccc2)C1CS(=O)[O-]. The van der Waals surface area contributed by atoms with Crippen molar-refractivity contribution in [2.24, 2.45) is 11.8 Å². The van der Waals surface area contributed by atoms with Crippen molar-refractivity contribution < 1.29 is 8.76 Å². The van der Waals surface area contributed by atoms with Gasteiger partial charge >= 0.3 is 0 Å². The zero-order chi connectivity index (χ0) is 13.0. The minimum atomic E-state index is -1.93. The summed E-state index contributed by atoms with van der Waals surface area (Å²) in [6, 6.07) is 10.4. The molecule has 0 radical (unpaired) electrons. The van der Waals surface area contributed by atoms with Gasteiger partial charge in [0.2, 0.25) is 0 Å². The Labute approximate surface area is 112 Å². The van der Waals surface area contributed by atoms with Gasteiger partial charge in [0.25, 0.3) is 0 Å². The molecule has 0 aliphatic heterocycles. The van der Waals surface area contributed by atoms with E-state index in [-0.39, 0.29) is 0 Å². The molecule has 0 heterocycles. The highest BCUT2D eigenvalue weighted by molar-refractivity contribution is 7.79. The van der Waals surface area contributed by atoms with E-state index < -0.39 is 11.1 Å². The molecule has 4 unspecified atom stereocenters. The highest BCUT2D eigenvalue weighted by atomic mass is 32.2. The first-order chi connectivity index (χ1) is 8.72. The molecule has 100 valence electrons. The van der Waals surface area contributed by atoms with Crippen LogP contribution in [-0.2, 0) is 11.1 Å². The van der Waals surface area contributed by atoms with E-state index in [2.05, 4.69) is 31.2 Å². The molecule has 0 bridgehead atoms. The second-order valence-corrected chi connectivity index (χ2v) is 6.19. The average molecular weight is 265 g/mol. The van der Waals surface area contributed by atoms with Crippen LogP contribution in [-0.4, -0.2) is 14.5 Å². The molecule has 0 spiro atoms. The summed E-state index contributed by atoms with van der Waals surface area (Å²) >= 11 is -1.93. The Morgan fingerprint density at radius 2 is 2.00 bits per heavy atom. The summed E-state index contributed by atoms with van der Waals surface area (Å²) in [5.74, 6) is 1.59. The molecule has 2 nitrogen and oxygen atoms in total. The van der Waals surface area contributed by atoms with Gasteiger partial charge < -0.3 is 4.55 Å². The smallest absolute Gasteiger partial charge is 0.0138 e. The molecule has 0 N–H and O–H groups in total. The lowest BCUT2D eigenvalue weighted by molar-refractivity contribution is 0.216. The predicted octanol–water partition coefficient (Wildman–Crippen LogP) is 3.48. The van der Waals surface area contributed by atoms with Crippen LogP contribution in [0.2, 0.25) is 0 Å². The highest BCUT2D eigenvalue weighted by Crippen LogP contribution is 2.42. The lowest BCUT2D eigenvalue weighted by atomic mass is 9.69. The van der Waals surface area contributed by atoms with Crippen molar-refractivity contribution in [1.82, 2.24) is 0 Å². The summed E-state index contributed by atoms with van der Waals surface area (Å²) in [7, 11) is 0. The summed E-state index contributed by atoms with van der Waals surface area (Å²) < 4.78 is 22.2. The van der Waals surface area contributed by atoms with Gasteiger partial charge in [-0.1, -0.05) is 67.6 Å². The summed E-state index contributed by atoms with van der Waals surface area (Å²) in [6.07, 6.45) is 4.62. The summed E-state index contributed by atoms with van der Waals surface area (Å²) in [4.78, 5) is 0. The van der Waals surface area contributed by atoms with Crippen molar-refractivity contribution in [2.75, 3.05) is 5.75 Å². The molecule has 0 amide bonds. The molecule has 0 aromatic heterocycles. The van der Waals surface area contributed by atoms with Gasteiger partial charge in [-0.3, -0.25) is 4.21 Å². The van der Waals surface area contributed by atoms with Gasteiger partial charge in [0.15, 0.2) is 0 Å². The van der Waals surface area contributed by atoms with Crippen LogP contribution in [0.1, 0.15) is 44.1 Å². The van der Waals surface area contributed by atoms with Gasteiger partial charge in [-0.05, 0) is 29.7 Å². The second kappa shape index (κ2) is 6.48. The van der Waals surface area contributed by atoms with E-state index in [4.69, 9.17) is 0 Å². The lowest BCUT2D eigenvalue weighted by Gasteiger charge is -2.38. The molecule has 0 saturated heterocycles. The fourth-order valence-electron chi connectivity index (χ4n) is 3.39. The summed E-state index contributed by atoms with van der Waals surface area (Å²) in [5, 5.41) is 0. The van der Waals surface area contributed by atoms with Crippen molar-refractivity contribution in [3.8, 4) is 0 Å². The maximum Gasteiger partial charge on any atom is 0.0138 e. The molecule has 2 rings (SSSR count). The van der Waals surface area contributed by atoms with Crippen molar-refractivity contribution in [3.63, 3.8) is 0 Å².